The maximum atomic E-state index is 12.4. The molecule has 2 aromatic rings. The first-order chi connectivity index (χ1) is 11.5. The van der Waals surface area contributed by atoms with Crippen LogP contribution in [0.3, 0.4) is 0 Å². The second-order valence-electron chi connectivity index (χ2n) is 5.03. The highest BCUT2D eigenvalue weighted by Crippen LogP contribution is 2.32. The second kappa shape index (κ2) is 7.96. The molecule has 0 aliphatic carbocycles. The number of hydrogen-bond acceptors (Lipinski definition) is 3. The number of anilines is 1. The number of nitrogens with zero attached hydrogens (tertiary/aromatic N) is 1. The van der Waals surface area contributed by atoms with Crippen LogP contribution in [0.2, 0.25) is 10.0 Å². The minimum atomic E-state index is -1.36. The number of carbonyl (C=O) groups excluding carboxylic acids is 2. The molecule has 2 rings (SSSR count). The Kier molecular flexibility index (Phi) is 5.97. The van der Waals surface area contributed by atoms with E-state index in [-0.39, 0.29) is 15.6 Å². The minimum absolute atomic E-state index is 0.146. The number of carbonyl (C=O) groups is 2. The number of para-hydroxylation sites is 1. The minimum Gasteiger partial charge on any atom is -0.319 e. The average Bonchev–Trinajstić information content (AvgIpc) is 2.58. The molecule has 0 aromatic heterocycles. The summed E-state index contributed by atoms with van der Waals surface area (Å²) in [4.78, 5) is 24.7. The molecule has 1 N–H and O–H groups in total. The van der Waals surface area contributed by atoms with Gasteiger partial charge in [0.05, 0.1) is 6.07 Å². The summed E-state index contributed by atoms with van der Waals surface area (Å²) in [7, 11) is 0. The Morgan fingerprint density at radius 1 is 1.12 bits per heavy atom. The molecule has 2 aromatic carbocycles. The van der Waals surface area contributed by atoms with Crippen LogP contribution in [0.5, 0.6) is 0 Å². The quantitative estimate of drug-likeness (QED) is 0.804. The van der Waals surface area contributed by atoms with Gasteiger partial charge in [0.15, 0.2) is 0 Å². The lowest BCUT2D eigenvalue weighted by Crippen LogP contribution is -2.28. The third-order valence-electron chi connectivity index (χ3n) is 3.55. The maximum Gasteiger partial charge on any atom is 0.293 e. The molecule has 0 unspecified atom stereocenters. The number of rotatable bonds is 5. The standard InChI is InChI=1S/C18H14Cl2N2O2/c1-2-11-6-3-4-9-15(11)22-18(24)17(23)12(10-21)16-13(19)7-5-8-14(16)20/h3-9,12H,2H2,1H3,(H,22,24)/t12-/m0/s1. The zero-order valence-electron chi connectivity index (χ0n) is 12.8. The summed E-state index contributed by atoms with van der Waals surface area (Å²) in [6, 6.07) is 13.6. The number of nitriles is 1. The van der Waals surface area contributed by atoms with Gasteiger partial charge in [-0.3, -0.25) is 9.59 Å². The van der Waals surface area contributed by atoms with Gasteiger partial charge in [-0.15, -0.1) is 0 Å². The largest absolute Gasteiger partial charge is 0.319 e. The van der Waals surface area contributed by atoms with Crippen molar-refractivity contribution in [3.8, 4) is 6.07 Å². The highest BCUT2D eigenvalue weighted by atomic mass is 35.5. The third kappa shape index (κ3) is 3.76. The van der Waals surface area contributed by atoms with E-state index in [9.17, 15) is 14.9 Å². The number of ketones is 1. The van der Waals surface area contributed by atoms with E-state index in [0.29, 0.717) is 12.1 Å². The molecule has 4 nitrogen and oxygen atoms in total. The number of halogens is 2. The van der Waals surface area contributed by atoms with Gasteiger partial charge in [0.25, 0.3) is 5.91 Å². The van der Waals surface area contributed by atoms with Crippen molar-refractivity contribution in [2.24, 2.45) is 0 Å². The van der Waals surface area contributed by atoms with E-state index in [1.807, 2.05) is 25.1 Å². The number of hydrogen-bond donors (Lipinski definition) is 1. The molecular formula is C18H14Cl2N2O2. The van der Waals surface area contributed by atoms with Crippen LogP contribution in [0.1, 0.15) is 24.0 Å². The fourth-order valence-electron chi connectivity index (χ4n) is 2.31. The SMILES string of the molecule is CCc1ccccc1NC(=O)C(=O)[C@@H](C#N)c1c(Cl)cccc1Cl. The summed E-state index contributed by atoms with van der Waals surface area (Å²) in [6.45, 7) is 1.94. The lowest BCUT2D eigenvalue weighted by molar-refractivity contribution is -0.135. The van der Waals surface area contributed by atoms with Gasteiger partial charge < -0.3 is 5.32 Å². The molecule has 24 heavy (non-hydrogen) atoms. The van der Waals surface area contributed by atoms with Crippen LogP contribution in [0.25, 0.3) is 0 Å². The Balaban J connectivity index is 2.29. The number of aryl methyl sites for hydroxylation is 1. The van der Waals surface area contributed by atoms with Gasteiger partial charge in [0, 0.05) is 21.3 Å². The summed E-state index contributed by atoms with van der Waals surface area (Å²) in [6.07, 6.45) is 0.697. The molecule has 122 valence electrons. The molecule has 6 heteroatoms. The van der Waals surface area contributed by atoms with Crippen molar-refractivity contribution in [3.05, 3.63) is 63.6 Å². The lowest BCUT2D eigenvalue weighted by atomic mass is 9.95. The van der Waals surface area contributed by atoms with Gasteiger partial charge in [-0.25, -0.2) is 0 Å². The topological polar surface area (TPSA) is 70.0 Å². The fraction of sp³-hybridized carbons (Fsp3) is 0.167. The van der Waals surface area contributed by atoms with E-state index in [1.54, 1.807) is 18.2 Å². The summed E-state index contributed by atoms with van der Waals surface area (Å²) in [5.41, 5.74) is 1.58. The van der Waals surface area contributed by atoms with E-state index < -0.39 is 17.6 Å². The molecule has 0 saturated carbocycles. The van der Waals surface area contributed by atoms with Crippen molar-refractivity contribution in [1.29, 1.82) is 5.26 Å². The van der Waals surface area contributed by atoms with Crippen LogP contribution in [0, 0.1) is 11.3 Å². The first-order valence-corrected chi connectivity index (χ1v) is 8.01. The lowest BCUT2D eigenvalue weighted by Gasteiger charge is -2.13. The normalized spacial score (nSPS) is 11.4. The van der Waals surface area contributed by atoms with Gasteiger partial charge in [-0.2, -0.15) is 5.26 Å². The molecule has 0 aliphatic rings. The zero-order chi connectivity index (χ0) is 17.7. The highest BCUT2D eigenvalue weighted by Gasteiger charge is 2.30. The zero-order valence-corrected chi connectivity index (χ0v) is 14.4. The number of amides is 1. The van der Waals surface area contributed by atoms with E-state index in [1.165, 1.54) is 12.1 Å². The molecule has 0 radical (unpaired) electrons. The molecule has 0 aliphatic heterocycles. The van der Waals surface area contributed by atoms with Crippen molar-refractivity contribution >= 4 is 40.6 Å². The number of Topliss-reactive ketones (excluding diaryl/α,β-unsaturated/α-hetero) is 1. The Hall–Kier alpha value is -2.35. The summed E-state index contributed by atoms with van der Waals surface area (Å²) in [5, 5.41) is 12.2. The van der Waals surface area contributed by atoms with Crippen LogP contribution in [0.15, 0.2) is 42.5 Å². The Morgan fingerprint density at radius 2 is 1.75 bits per heavy atom. The molecule has 1 atom stereocenters. The highest BCUT2D eigenvalue weighted by molar-refractivity contribution is 6.44. The molecule has 0 spiro atoms. The fourth-order valence-corrected chi connectivity index (χ4v) is 2.92. The van der Waals surface area contributed by atoms with Gasteiger partial charge in [-0.05, 0) is 30.2 Å². The molecular weight excluding hydrogens is 347 g/mol. The van der Waals surface area contributed by atoms with Crippen molar-refractivity contribution in [2.75, 3.05) is 5.32 Å². The van der Waals surface area contributed by atoms with Crippen LogP contribution in [-0.4, -0.2) is 11.7 Å². The van der Waals surface area contributed by atoms with Crippen LogP contribution < -0.4 is 5.32 Å². The average molecular weight is 361 g/mol. The van der Waals surface area contributed by atoms with Crippen molar-refractivity contribution in [3.63, 3.8) is 0 Å². The van der Waals surface area contributed by atoms with Crippen molar-refractivity contribution < 1.29 is 9.59 Å². The van der Waals surface area contributed by atoms with Crippen LogP contribution >= 0.6 is 23.2 Å². The number of benzene rings is 2. The Labute approximate surface area is 150 Å². The summed E-state index contributed by atoms with van der Waals surface area (Å²) >= 11 is 12.1. The monoisotopic (exact) mass is 360 g/mol. The van der Waals surface area contributed by atoms with Crippen LogP contribution in [0.4, 0.5) is 5.69 Å². The molecule has 0 heterocycles. The first-order valence-electron chi connectivity index (χ1n) is 7.26. The molecule has 0 bridgehead atoms. The first kappa shape index (κ1) is 18.0. The predicted octanol–water partition coefficient (Wildman–Crippen LogP) is 4.37. The van der Waals surface area contributed by atoms with Gasteiger partial charge in [-0.1, -0.05) is 54.4 Å². The van der Waals surface area contributed by atoms with E-state index in [2.05, 4.69) is 5.32 Å². The molecule has 0 fully saturated rings. The maximum absolute atomic E-state index is 12.4. The van der Waals surface area contributed by atoms with Crippen molar-refractivity contribution in [1.82, 2.24) is 0 Å². The predicted molar refractivity (Wildman–Crippen MR) is 94.3 cm³/mol. The number of nitrogens with one attached hydrogen (secondary N) is 1. The summed E-state index contributed by atoms with van der Waals surface area (Å²) < 4.78 is 0. The summed E-state index contributed by atoms with van der Waals surface area (Å²) in [5.74, 6) is -3.14. The van der Waals surface area contributed by atoms with Gasteiger partial charge in [0.2, 0.25) is 5.78 Å². The van der Waals surface area contributed by atoms with E-state index in [4.69, 9.17) is 23.2 Å². The van der Waals surface area contributed by atoms with E-state index >= 15 is 0 Å². The van der Waals surface area contributed by atoms with E-state index in [0.717, 1.165) is 5.56 Å². The van der Waals surface area contributed by atoms with Gasteiger partial charge >= 0.3 is 0 Å². The Morgan fingerprint density at radius 3 is 2.33 bits per heavy atom. The Bertz CT molecular complexity index is 808. The smallest absolute Gasteiger partial charge is 0.293 e. The molecule has 0 saturated heterocycles. The molecule has 1 amide bonds. The van der Waals surface area contributed by atoms with Crippen molar-refractivity contribution in [2.45, 2.75) is 19.3 Å². The van der Waals surface area contributed by atoms with Gasteiger partial charge in [0.1, 0.15) is 5.92 Å². The third-order valence-corrected chi connectivity index (χ3v) is 4.21. The van der Waals surface area contributed by atoms with Crippen LogP contribution in [-0.2, 0) is 16.0 Å². The second-order valence-corrected chi connectivity index (χ2v) is 5.84.